The van der Waals surface area contributed by atoms with Crippen LogP contribution in [-0.4, -0.2) is 17.6 Å². The van der Waals surface area contributed by atoms with Crippen molar-refractivity contribution in [2.45, 2.75) is 17.7 Å². The summed E-state index contributed by atoms with van der Waals surface area (Å²) in [6.07, 6.45) is 4.92. The molecule has 1 aliphatic carbocycles. The van der Waals surface area contributed by atoms with Crippen LogP contribution in [0.2, 0.25) is 0 Å². The lowest BCUT2D eigenvalue weighted by Crippen LogP contribution is -2.09. The van der Waals surface area contributed by atoms with Gasteiger partial charge in [0.25, 0.3) is 0 Å². The highest BCUT2D eigenvalue weighted by molar-refractivity contribution is 7.95. The van der Waals surface area contributed by atoms with Crippen molar-refractivity contribution in [1.29, 1.82) is 0 Å². The number of aromatic nitrogens is 2. The maximum Gasteiger partial charge on any atom is 0.202 e. The van der Waals surface area contributed by atoms with Crippen molar-refractivity contribution >= 4 is 101 Å². The Bertz CT molecular complexity index is 2910. The number of hydrogen-bond acceptors (Lipinski definition) is 4. The van der Waals surface area contributed by atoms with Gasteiger partial charge in [-0.25, -0.2) is 8.42 Å². The van der Waals surface area contributed by atoms with Gasteiger partial charge in [-0.15, -0.1) is 22.7 Å². The highest BCUT2D eigenvalue weighted by Gasteiger charge is 2.25. The van der Waals surface area contributed by atoms with E-state index in [0.717, 1.165) is 22.4 Å². The average molecular weight is 663 g/mol. The topological polar surface area (TPSA) is 44.0 Å². The summed E-state index contributed by atoms with van der Waals surface area (Å²) in [5, 5.41) is 7.47. The molecule has 0 radical (unpaired) electrons. The number of thiophene rings is 2. The molecule has 226 valence electrons. The van der Waals surface area contributed by atoms with E-state index < -0.39 is 9.84 Å². The molecular formula is C40H26N2O2S3. The van der Waals surface area contributed by atoms with Crippen molar-refractivity contribution in [3.8, 4) is 5.69 Å². The molecule has 0 amide bonds. The molecule has 47 heavy (non-hydrogen) atoms. The molecule has 0 bridgehead atoms. The fraction of sp³-hybridized carbons (Fsp3) is 0.0500. The van der Waals surface area contributed by atoms with Crippen molar-refractivity contribution in [2.75, 3.05) is 0 Å². The summed E-state index contributed by atoms with van der Waals surface area (Å²) in [4.78, 5) is 3.16. The number of rotatable bonds is 4. The van der Waals surface area contributed by atoms with E-state index in [0.29, 0.717) is 22.6 Å². The number of allylic oxidation sites excluding steroid dienone is 4. The van der Waals surface area contributed by atoms with E-state index in [2.05, 4.69) is 106 Å². The Morgan fingerprint density at radius 2 is 1.02 bits per heavy atom. The fourth-order valence-electron chi connectivity index (χ4n) is 7.36. The summed E-state index contributed by atoms with van der Waals surface area (Å²) in [6.45, 7) is 0. The van der Waals surface area contributed by atoms with Gasteiger partial charge in [-0.05, 0) is 73.5 Å². The minimum atomic E-state index is -3.65. The first-order valence-corrected chi connectivity index (χ1v) is 18.8. The Morgan fingerprint density at radius 3 is 1.60 bits per heavy atom. The fourth-order valence-corrected chi connectivity index (χ4v) is 11.3. The lowest BCUT2D eigenvalue weighted by atomic mass is 10.1. The van der Waals surface area contributed by atoms with Crippen LogP contribution in [0.4, 0.5) is 0 Å². The Morgan fingerprint density at radius 1 is 0.511 bits per heavy atom. The number of hydrogen-bond donors (Lipinski definition) is 0. The molecule has 7 heteroatoms. The smallest absolute Gasteiger partial charge is 0.202 e. The molecule has 4 aromatic heterocycles. The molecule has 0 saturated carbocycles. The molecule has 0 aliphatic heterocycles. The van der Waals surface area contributed by atoms with Gasteiger partial charge in [-0.2, -0.15) is 0 Å². The van der Waals surface area contributed by atoms with Crippen molar-refractivity contribution < 1.29 is 8.42 Å². The highest BCUT2D eigenvalue weighted by atomic mass is 32.2. The highest BCUT2D eigenvalue weighted by Crippen LogP contribution is 2.45. The maximum atomic E-state index is 14.0. The molecule has 0 atom stereocenters. The molecule has 4 heterocycles. The number of fused-ring (bicyclic) bond motifs is 10. The number of para-hydroxylation sites is 2. The Hall–Kier alpha value is -4.95. The molecule has 0 unspecified atom stereocenters. The van der Waals surface area contributed by atoms with Crippen molar-refractivity contribution in [3.63, 3.8) is 0 Å². The van der Waals surface area contributed by atoms with Crippen LogP contribution in [0.15, 0.2) is 143 Å². The summed E-state index contributed by atoms with van der Waals surface area (Å²) >= 11 is 3.57. The molecular weight excluding hydrogens is 637 g/mol. The monoisotopic (exact) mass is 662 g/mol. The molecule has 0 N–H and O–H groups in total. The molecule has 0 fully saturated rings. The predicted molar refractivity (Wildman–Crippen MR) is 200 cm³/mol. The SMILES string of the molecule is O=S(=O)(C1=CC=C(n2c3ccccc3c3c4ccccc4sc32)CC1)c1ccc(-n2c3ccccc3c3c4ccccc4sc32)cc1. The Balaban J connectivity index is 1.04. The zero-order chi connectivity index (χ0) is 31.3. The molecule has 4 nitrogen and oxygen atoms in total. The second-order valence-corrected chi connectivity index (χ2v) is 16.1. The van der Waals surface area contributed by atoms with Crippen molar-refractivity contribution in [2.24, 2.45) is 0 Å². The molecule has 1 aliphatic rings. The third-order valence-electron chi connectivity index (χ3n) is 9.52. The third kappa shape index (κ3) is 3.88. The van der Waals surface area contributed by atoms with E-state index in [9.17, 15) is 8.42 Å². The van der Waals surface area contributed by atoms with E-state index in [4.69, 9.17) is 0 Å². The first kappa shape index (κ1) is 27.2. The Kier molecular flexibility index (Phi) is 5.80. The standard InChI is InChI=1S/C40H26N2O2S3/c43-47(44,27-21-17-25(18-22-27)41-33-13-5-1-9-29(33)37-31-11-3-7-15-35(31)45-39(37)41)28-23-19-26(20-24-28)42-34-14-6-2-10-30(34)38-32-12-4-8-16-36(32)46-40(38)42/h1-19,21-23H,20,24H2. The summed E-state index contributed by atoms with van der Waals surface area (Å²) in [5.74, 6) is 0. The third-order valence-corrected chi connectivity index (χ3v) is 13.8. The first-order valence-electron chi connectivity index (χ1n) is 15.6. The average Bonchev–Trinajstić information content (AvgIpc) is 3.85. The van der Waals surface area contributed by atoms with Crippen LogP contribution in [0, 0.1) is 0 Å². The summed E-state index contributed by atoms with van der Waals surface area (Å²) in [7, 11) is -3.65. The van der Waals surface area contributed by atoms with E-state index in [-0.39, 0.29) is 0 Å². The summed E-state index contributed by atoms with van der Waals surface area (Å²) in [6, 6.07) is 41.4. The Labute approximate surface area is 278 Å². The predicted octanol–water partition coefficient (Wildman–Crippen LogP) is 11.3. The second kappa shape index (κ2) is 10.0. The lowest BCUT2D eigenvalue weighted by molar-refractivity contribution is 0.600. The van der Waals surface area contributed by atoms with Crippen LogP contribution < -0.4 is 0 Å². The number of nitrogens with zero attached hydrogens (tertiary/aromatic N) is 2. The molecule has 10 rings (SSSR count). The van der Waals surface area contributed by atoms with E-state index in [1.165, 1.54) is 51.4 Å². The van der Waals surface area contributed by atoms with Crippen LogP contribution in [0.3, 0.4) is 0 Å². The van der Waals surface area contributed by atoms with Crippen LogP contribution in [0.5, 0.6) is 0 Å². The van der Waals surface area contributed by atoms with E-state index >= 15 is 0 Å². The molecule has 0 saturated heterocycles. The van der Waals surface area contributed by atoms with Gasteiger partial charge in [0.15, 0.2) is 0 Å². The minimum Gasteiger partial charge on any atom is -0.305 e. The van der Waals surface area contributed by atoms with Gasteiger partial charge < -0.3 is 9.13 Å². The van der Waals surface area contributed by atoms with Crippen LogP contribution in [-0.2, 0) is 9.84 Å². The van der Waals surface area contributed by atoms with Gasteiger partial charge >= 0.3 is 0 Å². The van der Waals surface area contributed by atoms with E-state index in [1.54, 1.807) is 34.8 Å². The second-order valence-electron chi connectivity index (χ2n) is 12.1. The largest absolute Gasteiger partial charge is 0.305 e. The van der Waals surface area contributed by atoms with Crippen LogP contribution >= 0.6 is 22.7 Å². The lowest BCUT2D eigenvalue weighted by Gasteiger charge is -2.18. The van der Waals surface area contributed by atoms with E-state index in [1.807, 2.05) is 24.3 Å². The van der Waals surface area contributed by atoms with Crippen LogP contribution in [0.25, 0.3) is 73.8 Å². The molecule has 0 spiro atoms. The van der Waals surface area contributed by atoms with Crippen molar-refractivity contribution in [3.05, 3.63) is 138 Å². The van der Waals surface area contributed by atoms with Gasteiger partial charge in [-0.3, -0.25) is 0 Å². The zero-order valence-electron chi connectivity index (χ0n) is 25.1. The maximum absolute atomic E-state index is 14.0. The first-order chi connectivity index (χ1) is 23.1. The van der Waals surface area contributed by atoms with Crippen LogP contribution in [0.1, 0.15) is 12.8 Å². The normalized spacial score (nSPS) is 14.2. The quantitative estimate of drug-likeness (QED) is 0.188. The van der Waals surface area contributed by atoms with Gasteiger partial charge in [0.05, 0.1) is 15.9 Å². The minimum absolute atomic E-state index is 0.326. The van der Waals surface area contributed by atoms with Gasteiger partial charge in [0.2, 0.25) is 9.84 Å². The van der Waals surface area contributed by atoms with Gasteiger partial charge in [0, 0.05) is 58.0 Å². The van der Waals surface area contributed by atoms with Crippen molar-refractivity contribution in [1.82, 2.24) is 9.13 Å². The molecule has 5 aromatic carbocycles. The number of sulfone groups is 1. The zero-order valence-corrected chi connectivity index (χ0v) is 27.5. The summed E-state index contributed by atoms with van der Waals surface area (Å²) in [5.41, 5.74) is 4.34. The van der Waals surface area contributed by atoms with Gasteiger partial charge in [-0.1, -0.05) is 72.8 Å². The van der Waals surface area contributed by atoms with Gasteiger partial charge in [0.1, 0.15) is 9.66 Å². The molecule has 9 aromatic rings. The summed E-state index contributed by atoms with van der Waals surface area (Å²) < 4.78 is 35.0. The number of benzene rings is 5.